The average molecular weight is 408 g/mol. The summed E-state index contributed by atoms with van der Waals surface area (Å²) in [7, 11) is 0. The van der Waals surface area contributed by atoms with Crippen LogP contribution in [0.3, 0.4) is 0 Å². The monoisotopic (exact) mass is 407 g/mol. The van der Waals surface area contributed by atoms with Crippen molar-refractivity contribution in [2.45, 2.75) is 20.0 Å². The number of hydrogen-bond donors (Lipinski definition) is 1. The number of carbonyl (C=O) groups excluding carboxylic acids is 2. The number of benzene rings is 2. The molecule has 0 saturated heterocycles. The second-order valence-corrected chi connectivity index (χ2v) is 6.26. The van der Waals surface area contributed by atoms with Gasteiger partial charge in [0.2, 0.25) is 0 Å². The van der Waals surface area contributed by atoms with Crippen LogP contribution in [0.4, 0.5) is 5.69 Å². The van der Waals surface area contributed by atoms with Crippen LogP contribution >= 0.6 is 23.2 Å². The molecule has 0 aliphatic rings. The van der Waals surface area contributed by atoms with Gasteiger partial charge in [0.15, 0.2) is 6.10 Å². The Balaban J connectivity index is 1.97. The molecule has 0 heterocycles. The molecule has 0 bridgehead atoms. The second kappa shape index (κ2) is 10.00. The fourth-order valence-electron chi connectivity index (χ4n) is 2.16. The Morgan fingerprint density at radius 2 is 1.89 bits per heavy atom. The van der Waals surface area contributed by atoms with Gasteiger partial charge in [0.05, 0.1) is 22.3 Å². The van der Waals surface area contributed by atoms with E-state index in [2.05, 4.69) is 5.32 Å². The molecule has 2 aromatic carbocycles. The summed E-state index contributed by atoms with van der Waals surface area (Å²) in [6, 6.07) is 12.1. The quantitative estimate of drug-likeness (QED) is 0.519. The van der Waals surface area contributed by atoms with Crippen molar-refractivity contribution >= 4 is 46.8 Å². The molecule has 142 valence electrons. The summed E-state index contributed by atoms with van der Waals surface area (Å²) in [5.74, 6) is -0.512. The molecule has 0 aliphatic heterocycles. The zero-order valence-electron chi connectivity index (χ0n) is 14.9. The average Bonchev–Trinajstić information content (AvgIpc) is 2.65. The van der Waals surface area contributed by atoms with Crippen molar-refractivity contribution in [2.24, 2.45) is 0 Å². The Bertz CT molecular complexity index is 852. The summed E-state index contributed by atoms with van der Waals surface area (Å²) in [4.78, 5) is 24.2. The number of para-hydroxylation sites is 1. The Kier molecular flexibility index (Phi) is 7.70. The predicted molar refractivity (Wildman–Crippen MR) is 107 cm³/mol. The second-order valence-electron chi connectivity index (χ2n) is 5.47. The molecule has 5 nitrogen and oxygen atoms in total. The molecule has 1 amide bonds. The molecule has 27 heavy (non-hydrogen) atoms. The Morgan fingerprint density at radius 1 is 1.15 bits per heavy atom. The van der Waals surface area contributed by atoms with E-state index in [4.69, 9.17) is 32.7 Å². The molecule has 0 fully saturated rings. The molecule has 7 heteroatoms. The third-order valence-corrected chi connectivity index (χ3v) is 4.31. The normalized spacial score (nSPS) is 11.9. The molecular formula is C20H19Cl2NO4. The molecule has 1 unspecified atom stereocenters. The lowest BCUT2D eigenvalue weighted by Crippen LogP contribution is -2.29. The summed E-state index contributed by atoms with van der Waals surface area (Å²) in [6.07, 6.45) is 1.80. The number of ether oxygens (including phenoxy) is 2. The maximum atomic E-state index is 12.2. The first kappa shape index (κ1) is 20.8. The van der Waals surface area contributed by atoms with Crippen molar-refractivity contribution in [3.05, 3.63) is 64.1 Å². The number of hydrogen-bond acceptors (Lipinski definition) is 4. The van der Waals surface area contributed by atoms with E-state index in [1.807, 2.05) is 25.1 Å². The van der Waals surface area contributed by atoms with Gasteiger partial charge in [-0.2, -0.15) is 0 Å². The van der Waals surface area contributed by atoms with E-state index in [1.165, 1.54) is 13.0 Å². The largest absolute Gasteiger partial charge is 0.493 e. The number of carbonyl (C=O) groups is 2. The number of anilines is 1. The van der Waals surface area contributed by atoms with Crippen LogP contribution in [0.25, 0.3) is 6.08 Å². The van der Waals surface area contributed by atoms with Gasteiger partial charge >= 0.3 is 5.97 Å². The van der Waals surface area contributed by atoms with Crippen LogP contribution in [0.1, 0.15) is 19.4 Å². The lowest BCUT2D eigenvalue weighted by molar-refractivity contribution is -0.148. The van der Waals surface area contributed by atoms with Crippen molar-refractivity contribution in [3.63, 3.8) is 0 Å². The molecule has 0 aromatic heterocycles. The maximum absolute atomic E-state index is 12.2. The van der Waals surface area contributed by atoms with Crippen molar-refractivity contribution in [2.75, 3.05) is 11.9 Å². The minimum Gasteiger partial charge on any atom is -0.493 e. The van der Waals surface area contributed by atoms with E-state index in [-0.39, 0.29) is 5.02 Å². The highest BCUT2D eigenvalue weighted by Crippen LogP contribution is 2.29. The van der Waals surface area contributed by atoms with Crippen LogP contribution < -0.4 is 10.1 Å². The third-order valence-electron chi connectivity index (χ3n) is 3.49. The van der Waals surface area contributed by atoms with Gasteiger partial charge in [0.25, 0.3) is 5.91 Å². The van der Waals surface area contributed by atoms with Crippen molar-refractivity contribution in [1.82, 2.24) is 0 Å². The predicted octanol–water partition coefficient (Wildman–Crippen LogP) is 4.98. The highest BCUT2D eigenvalue weighted by Gasteiger charge is 2.18. The number of halogens is 2. The highest BCUT2D eigenvalue weighted by molar-refractivity contribution is 6.44. The Morgan fingerprint density at radius 3 is 2.63 bits per heavy atom. The van der Waals surface area contributed by atoms with Crippen LogP contribution in [0.15, 0.2) is 48.5 Å². The SMILES string of the molecule is CCOc1ccccc1/C=C/C(=O)OC(C)C(=O)Nc1cccc(Cl)c1Cl. The zero-order valence-corrected chi connectivity index (χ0v) is 16.4. The summed E-state index contributed by atoms with van der Waals surface area (Å²) in [6.45, 7) is 3.85. The molecule has 0 saturated carbocycles. The molecule has 0 aliphatic carbocycles. The van der Waals surface area contributed by atoms with E-state index in [9.17, 15) is 9.59 Å². The zero-order chi connectivity index (χ0) is 19.8. The molecule has 0 spiro atoms. The van der Waals surface area contributed by atoms with Crippen LogP contribution in [-0.4, -0.2) is 24.6 Å². The van der Waals surface area contributed by atoms with Crippen LogP contribution in [0, 0.1) is 0 Å². The number of nitrogens with one attached hydrogen (secondary N) is 1. The van der Waals surface area contributed by atoms with Crippen LogP contribution in [-0.2, 0) is 14.3 Å². The standard InChI is InChI=1S/C20H19Cl2NO4/c1-3-26-17-10-5-4-7-14(17)11-12-18(24)27-13(2)20(25)23-16-9-6-8-15(21)19(16)22/h4-13H,3H2,1-2H3,(H,23,25)/b12-11+. The number of esters is 1. The van der Waals surface area contributed by atoms with Gasteiger partial charge in [0.1, 0.15) is 5.75 Å². The molecule has 1 atom stereocenters. The molecule has 2 aromatic rings. The number of rotatable bonds is 7. The van der Waals surface area contributed by atoms with E-state index in [0.717, 1.165) is 5.56 Å². The van der Waals surface area contributed by atoms with E-state index in [1.54, 1.807) is 30.3 Å². The van der Waals surface area contributed by atoms with Crippen molar-refractivity contribution in [3.8, 4) is 5.75 Å². The number of amides is 1. The lowest BCUT2D eigenvalue weighted by atomic mass is 10.2. The smallest absolute Gasteiger partial charge is 0.331 e. The highest BCUT2D eigenvalue weighted by atomic mass is 35.5. The third kappa shape index (κ3) is 6.01. The van der Waals surface area contributed by atoms with Crippen LogP contribution in [0.5, 0.6) is 5.75 Å². The molecule has 2 rings (SSSR count). The first-order valence-electron chi connectivity index (χ1n) is 8.27. The van der Waals surface area contributed by atoms with Gasteiger partial charge in [0, 0.05) is 11.6 Å². The topological polar surface area (TPSA) is 64.6 Å². The van der Waals surface area contributed by atoms with Gasteiger partial charge in [-0.3, -0.25) is 4.79 Å². The van der Waals surface area contributed by atoms with E-state index in [0.29, 0.717) is 23.1 Å². The minimum atomic E-state index is -1.01. The maximum Gasteiger partial charge on any atom is 0.331 e. The Labute approximate surface area is 167 Å². The van der Waals surface area contributed by atoms with Gasteiger partial charge in [-0.25, -0.2) is 4.79 Å². The first-order chi connectivity index (χ1) is 12.9. The summed E-state index contributed by atoms with van der Waals surface area (Å²) in [5, 5.41) is 3.11. The molecule has 1 N–H and O–H groups in total. The summed E-state index contributed by atoms with van der Waals surface area (Å²) < 4.78 is 10.6. The van der Waals surface area contributed by atoms with E-state index >= 15 is 0 Å². The molecule has 0 radical (unpaired) electrons. The van der Waals surface area contributed by atoms with Crippen molar-refractivity contribution in [1.29, 1.82) is 0 Å². The van der Waals surface area contributed by atoms with Gasteiger partial charge < -0.3 is 14.8 Å². The summed E-state index contributed by atoms with van der Waals surface area (Å²) >= 11 is 11.9. The summed E-state index contributed by atoms with van der Waals surface area (Å²) in [5.41, 5.74) is 1.08. The molecular weight excluding hydrogens is 389 g/mol. The first-order valence-corrected chi connectivity index (χ1v) is 9.03. The van der Waals surface area contributed by atoms with Gasteiger partial charge in [-0.15, -0.1) is 0 Å². The fraction of sp³-hybridized carbons (Fsp3) is 0.200. The van der Waals surface area contributed by atoms with Gasteiger partial charge in [-0.1, -0.05) is 47.5 Å². The van der Waals surface area contributed by atoms with E-state index < -0.39 is 18.0 Å². The minimum absolute atomic E-state index is 0.221. The lowest BCUT2D eigenvalue weighted by Gasteiger charge is -2.13. The van der Waals surface area contributed by atoms with Crippen molar-refractivity contribution < 1.29 is 19.1 Å². The Hall–Kier alpha value is -2.50. The fourth-order valence-corrected chi connectivity index (χ4v) is 2.51. The van der Waals surface area contributed by atoms with Crippen LogP contribution in [0.2, 0.25) is 10.0 Å². The van der Waals surface area contributed by atoms with Gasteiger partial charge in [-0.05, 0) is 38.1 Å².